The average Bonchev–Trinajstić information content (AvgIpc) is 2.61. The van der Waals surface area contributed by atoms with E-state index < -0.39 is 6.04 Å². The van der Waals surface area contributed by atoms with Crippen molar-refractivity contribution in [1.82, 2.24) is 4.90 Å². The maximum Gasteiger partial charge on any atom is 0.328 e. The lowest BCUT2D eigenvalue weighted by Crippen LogP contribution is -2.44. The Morgan fingerprint density at radius 1 is 1.53 bits per heavy atom. The van der Waals surface area contributed by atoms with Gasteiger partial charge in [0.15, 0.2) is 0 Å². The highest BCUT2D eigenvalue weighted by Crippen LogP contribution is 2.27. The molecule has 0 aromatic rings. The molecule has 0 N–H and O–H groups in total. The molecule has 1 fully saturated rings. The van der Waals surface area contributed by atoms with Gasteiger partial charge < -0.3 is 9.64 Å². The van der Waals surface area contributed by atoms with Gasteiger partial charge in [-0.15, -0.1) is 6.58 Å². The van der Waals surface area contributed by atoms with E-state index in [0.717, 1.165) is 12.8 Å². The minimum Gasteiger partial charge on any atom is -0.467 e. The first-order chi connectivity index (χ1) is 7.11. The summed E-state index contributed by atoms with van der Waals surface area (Å²) in [5.74, 6) is -0.397. The zero-order valence-corrected chi connectivity index (χ0v) is 9.23. The first-order valence-electron chi connectivity index (χ1n) is 5.09. The van der Waals surface area contributed by atoms with Crippen molar-refractivity contribution in [3.63, 3.8) is 0 Å². The van der Waals surface area contributed by atoms with Gasteiger partial charge in [0.05, 0.1) is 7.11 Å². The number of ether oxygens (including phenoxy) is 1. The van der Waals surface area contributed by atoms with Gasteiger partial charge in [-0.05, 0) is 19.3 Å². The van der Waals surface area contributed by atoms with E-state index >= 15 is 0 Å². The van der Waals surface area contributed by atoms with Gasteiger partial charge in [0.1, 0.15) is 6.04 Å². The Bertz CT molecular complexity index is 275. The molecular formula is C11H17NO3. The molecule has 0 bridgehead atoms. The molecule has 1 aliphatic rings. The van der Waals surface area contributed by atoms with E-state index in [0.29, 0.717) is 6.42 Å². The molecule has 0 spiro atoms. The Morgan fingerprint density at radius 3 is 2.67 bits per heavy atom. The molecule has 0 aliphatic carbocycles. The fourth-order valence-electron chi connectivity index (χ4n) is 2.15. The van der Waals surface area contributed by atoms with Crippen LogP contribution in [0.25, 0.3) is 0 Å². The smallest absolute Gasteiger partial charge is 0.328 e. The molecule has 0 unspecified atom stereocenters. The zero-order valence-electron chi connectivity index (χ0n) is 9.23. The van der Waals surface area contributed by atoms with Crippen LogP contribution in [-0.2, 0) is 14.3 Å². The molecule has 4 nitrogen and oxygen atoms in total. The molecule has 84 valence electrons. The van der Waals surface area contributed by atoms with Crippen LogP contribution < -0.4 is 0 Å². The van der Waals surface area contributed by atoms with Crippen molar-refractivity contribution >= 4 is 11.9 Å². The predicted octanol–water partition coefficient (Wildman–Crippen LogP) is 1.11. The van der Waals surface area contributed by atoms with Gasteiger partial charge in [-0.25, -0.2) is 4.79 Å². The molecular weight excluding hydrogens is 194 g/mol. The molecule has 0 aromatic carbocycles. The van der Waals surface area contributed by atoms with Gasteiger partial charge >= 0.3 is 5.97 Å². The monoisotopic (exact) mass is 211 g/mol. The third-order valence-corrected chi connectivity index (χ3v) is 2.78. The second-order valence-corrected chi connectivity index (χ2v) is 3.72. The normalized spacial score (nSPS) is 25.1. The van der Waals surface area contributed by atoms with Crippen molar-refractivity contribution in [2.75, 3.05) is 7.11 Å². The highest BCUT2D eigenvalue weighted by Gasteiger charge is 2.39. The van der Waals surface area contributed by atoms with Crippen molar-refractivity contribution in [1.29, 1.82) is 0 Å². The Morgan fingerprint density at radius 2 is 2.20 bits per heavy atom. The van der Waals surface area contributed by atoms with Crippen molar-refractivity contribution in [3.8, 4) is 0 Å². The number of nitrogens with zero attached hydrogens (tertiary/aromatic N) is 1. The summed E-state index contributed by atoms with van der Waals surface area (Å²) in [7, 11) is 1.35. The summed E-state index contributed by atoms with van der Waals surface area (Å²) in [5.41, 5.74) is 0. The van der Waals surface area contributed by atoms with E-state index in [1.165, 1.54) is 14.0 Å². The van der Waals surface area contributed by atoms with Gasteiger partial charge in [-0.2, -0.15) is 0 Å². The predicted molar refractivity (Wildman–Crippen MR) is 56.2 cm³/mol. The third kappa shape index (κ3) is 2.37. The lowest BCUT2D eigenvalue weighted by molar-refractivity contribution is -0.151. The molecule has 0 radical (unpaired) electrons. The van der Waals surface area contributed by atoms with Crippen molar-refractivity contribution in [3.05, 3.63) is 12.7 Å². The van der Waals surface area contributed by atoms with Gasteiger partial charge in [-0.1, -0.05) is 6.08 Å². The number of hydrogen-bond donors (Lipinski definition) is 0. The zero-order chi connectivity index (χ0) is 11.4. The molecule has 1 amide bonds. The number of rotatable bonds is 3. The number of carbonyl (C=O) groups is 2. The summed E-state index contributed by atoms with van der Waals surface area (Å²) < 4.78 is 4.68. The molecule has 1 aliphatic heterocycles. The average molecular weight is 211 g/mol. The second kappa shape index (κ2) is 4.96. The lowest BCUT2D eigenvalue weighted by atomic mass is 10.1. The maximum absolute atomic E-state index is 11.4. The Hall–Kier alpha value is -1.32. The number of methoxy groups -OCH3 is 1. The van der Waals surface area contributed by atoms with E-state index in [1.807, 2.05) is 0 Å². The summed E-state index contributed by atoms with van der Waals surface area (Å²) in [5, 5.41) is 0. The molecule has 0 aromatic heterocycles. The summed E-state index contributed by atoms with van der Waals surface area (Å²) >= 11 is 0. The van der Waals surface area contributed by atoms with Gasteiger partial charge in [0, 0.05) is 13.0 Å². The van der Waals surface area contributed by atoms with E-state index in [1.54, 1.807) is 11.0 Å². The molecule has 2 atom stereocenters. The van der Waals surface area contributed by atoms with Crippen molar-refractivity contribution in [2.24, 2.45) is 0 Å². The van der Waals surface area contributed by atoms with Crippen LogP contribution in [0, 0.1) is 0 Å². The maximum atomic E-state index is 11.4. The Balaban J connectivity index is 2.79. The number of likely N-dealkylation sites (tertiary alicyclic amines) is 1. The van der Waals surface area contributed by atoms with Gasteiger partial charge in [-0.3, -0.25) is 4.79 Å². The summed E-state index contributed by atoms with van der Waals surface area (Å²) in [6.07, 6.45) is 4.03. The molecule has 1 saturated heterocycles. The second-order valence-electron chi connectivity index (χ2n) is 3.72. The Labute approximate surface area is 89.9 Å². The van der Waals surface area contributed by atoms with Gasteiger partial charge in [0.2, 0.25) is 5.91 Å². The fourth-order valence-corrected chi connectivity index (χ4v) is 2.15. The SMILES string of the molecule is C=CC[C@@H]1CC[C@@H](C(=O)OC)N1C(C)=O. The van der Waals surface area contributed by atoms with Crippen molar-refractivity contribution in [2.45, 2.75) is 38.3 Å². The third-order valence-electron chi connectivity index (χ3n) is 2.78. The van der Waals surface area contributed by atoms with E-state index in [9.17, 15) is 9.59 Å². The molecule has 15 heavy (non-hydrogen) atoms. The molecule has 4 heteroatoms. The number of amides is 1. The number of esters is 1. The number of carbonyl (C=O) groups excluding carboxylic acids is 2. The topological polar surface area (TPSA) is 46.6 Å². The summed E-state index contributed by atoms with van der Waals surface area (Å²) in [6.45, 7) is 5.14. The van der Waals surface area contributed by atoms with Crippen LogP contribution >= 0.6 is 0 Å². The summed E-state index contributed by atoms with van der Waals surface area (Å²) in [4.78, 5) is 24.5. The summed E-state index contributed by atoms with van der Waals surface area (Å²) in [6, 6.07) is -0.304. The molecule has 1 heterocycles. The van der Waals surface area contributed by atoms with Crippen LogP contribution in [0.4, 0.5) is 0 Å². The molecule has 0 saturated carbocycles. The standard InChI is InChI=1S/C11H17NO3/c1-4-5-9-6-7-10(11(14)15-3)12(9)8(2)13/h4,9-10H,1,5-7H2,2-3H3/t9-,10+/m1/s1. The Kier molecular flexibility index (Phi) is 3.88. The van der Waals surface area contributed by atoms with Crippen molar-refractivity contribution < 1.29 is 14.3 Å². The first-order valence-corrected chi connectivity index (χ1v) is 5.09. The van der Waals surface area contributed by atoms with E-state index in [4.69, 9.17) is 0 Å². The largest absolute Gasteiger partial charge is 0.467 e. The fraction of sp³-hybridized carbons (Fsp3) is 0.636. The van der Waals surface area contributed by atoms with Crippen LogP contribution in [0.5, 0.6) is 0 Å². The highest BCUT2D eigenvalue weighted by atomic mass is 16.5. The first kappa shape index (κ1) is 11.8. The lowest BCUT2D eigenvalue weighted by Gasteiger charge is -2.27. The molecule has 1 rings (SSSR count). The highest BCUT2D eigenvalue weighted by molar-refractivity contribution is 5.84. The van der Waals surface area contributed by atoms with E-state index in [2.05, 4.69) is 11.3 Å². The van der Waals surface area contributed by atoms with Crippen LogP contribution in [0.15, 0.2) is 12.7 Å². The van der Waals surface area contributed by atoms with Gasteiger partial charge in [0.25, 0.3) is 0 Å². The van der Waals surface area contributed by atoms with Crippen LogP contribution in [-0.4, -0.2) is 36.0 Å². The van der Waals surface area contributed by atoms with E-state index in [-0.39, 0.29) is 17.9 Å². The minimum absolute atomic E-state index is 0.0743. The number of hydrogen-bond acceptors (Lipinski definition) is 3. The minimum atomic E-state index is -0.405. The van der Waals surface area contributed by atoms with Crippen LogP contribution in [0.1, 0.15) is 26.2 Å². The van der Waals surface area contributed by atoms with Crippen LogP contribution in [0.3, 0.4) is 0 Å². The quantitative estimate of drug-likeness (QED) is 0.519. The van der Waals surface area contributed by atoms with Crippen LogP contribution in [0.2, 0.25) is 0 Å².